The molecular weight excluding hydrogens is 490 g/mol. The fraction of sp³-hybridized carbons (Fsp3) is 0.826. The molecule has 1 aliphatic heterocycles. The summed E-state index contributed by atoms with van der Waals surface area (Å²) >= 11 is 4.20. The standard InChI is InChI=1S/C23H43N5O7S/c29-20(24-6-4-2-1-3-5-15-36)16-25-7-9-26(17-21(30)31)11-13-28(19-23(34)35)14-12-27(10-8-25)18-22(32)33/h36H,1-19H2,(H,24,29)(H,30,31)(H,32,33)(H,34,35). The van der Waals surface area contributed by atoms with Crippen LogP contribution in [0.5, 0.6) is 0 Å². The highest BCUT2D eigenvalue weighted by Crippen LogP contribution is 2.04. The van der Waals surface area contributed by atoms with Crippen molar-refractivity contribution in [3.63, 3.8) is 0 Å². The van der Waals surface area contributed by atoms with Crippen LogP contribution in [-0.2, 0) is 19.2 Å². The first-order chi connectivity index (χ1) is 17.2. The number of carboxylic acids is 3. The van der Waals surface area contributed by atoms with E-state index >= 15 is 0 Å². The van der Waals surface area contributed by atoms with Gasteiger partial charge in [0.05, 0.1) is 26.2 Å². The van der Waals surface area contributed by atoms with Gasteiger partial charge in [-0.3, -0.25) is 38.8 Å². The van der Waals surface area contributed by atoms with Gasteiger partial charge in [-0.15, -0.1) is 0 Å². The molecule has 0 radical (unpaired) electrons. The first-order valence-electron chi connectivity index (χ1n) is 12.6. The lowest BCUT2D eigenvalue weighted by Crippen LogP contribution is -2.49. The Labute approximate surface area is 219 Å². The van der Waals surface area contributed by atoms with Gasteiger partial charge in [-0.2, -0.15) is 12.6 Å². The van der Waals surface area contributed by atoms with Crippen molar-refractivity contribution in [2.45, 2.75) is 32.1 Å². The lowest BCUT2D eigenvalue weighted by atomic mass is 10.1. The minimum absolute atomic E-state index is 0.111. The molecule has 12 nitrogen and oxygen atoms in total. The highest BCUT2D eigenvalue weighted by Gasteiger charge is 2.21. The van der Waals surface area contributed by atoms with E-state index in [9.17, 15) is 34.5 Å². The predicted octanol–water partition coefficient (Wildman–Crippen LogP) is -0.542. The van der Waals surface area contributed by atoms with E-state index < -0.39 is 17.9 Å². The molecule has 1 heterocycles. The van der Waals surface area contributed by atoms with Crippen molar-refractivity contribution in [1.82, 2.24) is 24.9 Å². The predicted molar refractivity (Wildman–Crippen MR) is 139 cm³/mol. The number of nitrogens with zero attached hydrogens (tertiary/aromatic N) is 4. The minimum Gasteiger partial charge on any atom is -0.480 e. The van der Waals surface area contributed by atoms with Crippen LogP contribution in [0.4, 0.5) is 0 Å². The second kappa shape index (κ2) is 19.2. The Morgan fingerprint density at radius 3 is 1.25 bits per heavy atom. The molecule has 0 atom stereocenters. The van der Waals surface area contributed by atoms with Crippen LogP contribution in [0, 0.1) is 0 Å². The number of nitrogens with one attached hydrogen (secondary N) is 1. The number of hydrogen-bond donors (Lipinski definition) is 5. The molecule has 1 rings (SSSR count). The molecule has 0 saturated carbocycles. The van der Waals surface area contributed by atoms with E-state index in [1.165, 1.54) is 0 Å². The van der Waals surface area contributed by atoms with Crippen molar-refractivity contribution in [2.24, 2.45) is 0 Å². The van der Waals surface area contributed by atoms with Crippen LogP contribution in [0.25, 0.3) is 0 Å². The molecule has 1 aliphatic rings. The Balaban J connectivity index is 2.74. The van der Waals surface area contributed by atoms with E-state index in [1.54, 1.807) is 14.7 Å². The second-order valence-corrected chi connectivity index (χ2v) is 9.57. The van der Waals surface area contributed by atoms with E-state index in [2.05, 4.69) is 17.9 Å². The molecule has 0 bridgehead atoms. The van der Waals surface area contributed by atoms with E-state index in [0.29, 0.717) is 58.9 Å². The van der Waals surface area contributed by atoms with Crippen LogP contribution in [0.2, 0.25) is 0 Å². The summed E-state index contributed by atoms with van der Waals surface area (Å²) in [5, 5.41) is 30.7. The summed E-state index contributed by atoms with van der Waals surface area (Å²) in [5.41, 5.74) is 0. The minimum atomic E-state index is -0.994. The van der Waals surface area contributed by atoms with Crippen LogP contribution in [0.3, 0.4) is 0 Å². The normalized spacial score (nSPS) is 17.7. The van der Waals surface area contributed by atoms with Crippen molar-refractivity contribution in [2.75, 3.05) is 90.8 Å². The molecule has 0 aromatic carbocycles. The number of carbonyl (C=O) groups excluding carboxylic acids is 1. The van der Waals surface area contributed by atoms with Gasteiger partial charge in [0.25, 0.3) is 0 Å². The number of thiol groups is 1. The molecule has 1 saturated heterocycles. The van der Waals surface area contributed by atoms with Crippen LogP contribution < -0.4 is 5.32 Å². The number of carbonyl (C=O) groups is 4. The van der Waals surface area contributed by atoms with Gasteiger partial charge in [0.2, 0.25) is 5.91 Å². The Hall–Kier alpha value is -1.93. The molecule has 0 aliphatic carbocycles. The molecule has 208 valence electrons. The van der Waals surface area contributed by atoms with E-state index in [1.807, 2.05) is 4.90 Å². The van der Waals surface area contributed by atoms with Crippen LogP contribution in [0.15, 0.2) is 0 Å². The third-order valence-corrected chi connectivity index (χ3v) is 6.35. The second-order valence-electron chi connectivity index (χ2n) is 9.13. The van der Waals surface area contributed by atoms with Crippen molar-refractivity contribution < 1.29 is 34.5 Å². The monoisotopic (exact) mass is 533 g/mol. The number of carboxylic acid groups (broad SMARTS) is 3. The molecule has 4 N–H and O–H groups in total. The zero-order chi connectivity index (χ0) is 26.8. The number of hydrogen-bond acceptors (Lipinski definition) is 9. The fourth-order valence-electron chi connectivity index (χ4n) is 4.04. The molecule has 1 amide bonds. The van der Waals surface area contributed by atoms with Gasteiger partial charge in [-0.05, 0) is 18.6 Å². The summed E-state index contributed by atoms with van der Waals surface area (Å²) in [6, 6.07) is 0. The fourth-order valence-corrected chi connectivity index (χ4v) is 4.26. The molecule has 0 spiro atoms. The first-order valence-corrected chi connectivity index (χ1v) is 13.2. The SMILES string of the molecule is O=C(O)CN1CCN(CC(=O)O)CCN(CC(=O)NCCCCCCCS)CCN(CC(=O)O)CC1. The van der Waals surface area contributed by atoms with Gasteiger partial charge in [0.15, 0.2) is 0 Å². The number of unbranched alkanes of at least 4 members (excludes halogenated alkanes) is 4. The van der Waals surface area contributed by atoms with Gasteiger partial charge < -0.3 is 20.6 Å². The maximum Gasteiger partial charge on any atom is 0.317 e. The van der Waals surface area contributed by atoms with Gasteiger partial charge in [0, 0.05) is 58.9 Å². The number of rotatable bonds is 15. The Morgan fingerprint density at radius 2 is 0.889 bits per heavy atom. The topological polar surface area (TPSA) is 154 Å². The average Bonchev–Trinajstić information content (AvgIpc) is 2.79. The van der Waals surface area contributed by atoms with Crippen LogP contribution in [0.1, 0.15) is 32.1 Å². The van der Waals surface area contributed by atoms with Crippen molar-refractivity contribution in [1.29, 1.82) is 0 Å². The quantitative estimate of drug-likeness (QED) is 0.136. The Bertz CT molecular complexity index is 653. The summed E-state index contributed by atoms with van der Waals surface area (Å²) in [5.74, 6) is -2.16. The summed E-state index contributed by atoms with van der Waals surface area (Å²) in [6.07, 6.45) is 5.30. The summed E-state index contributed by atoms with van der Waals surface area (Å²) in [6.45, 7) is 3.23. The van der Waals surface area contributed by atoms with Gasteiger partial charge >= 0.3 is 17.9 Å². The smallest absolute Gasteiger partial charge is 0.317 e. The summed E-state index contributed by atoms with van der Waals surface area (Å²) < 4.78 is 0. The van der Waals surface area contributed by atoms with E-state index in [4.69, 9.17) is 0 Å². The molecule has 13 heteroatoms. The van der Waals surface area contributed by atoms with Gasteiger partial charge in [-0.1, -0.05) is 19.3 Å². The molecule has 0 aromatic heterocycles. The third kappa shape index (κ3) is 16.7. The molecule has 0 unspecified atom stereocenters. The van der Waals surface area contributed by atoms with E-state index in [0.717, 1.165) is 37.9 Å². The van der Waals surface area contributed by atoms with Crippen molar-refractivity contribution in [3.8, 4) is 0 Å². The highest BCUT2D eigenvalue weighted by molar-refractivity contribution is 7.80. The lowest BCUT2D eigenvalue weighted by Gasteiger charge is -2.32. The first kappa shape index (κ1) is 32.1. The van der Waals surface area contributed by atoms with Gasteiger partial charge in [-0.25, -0.2) is 0 Å². The maximum atomic E-state index is 12.5. The molecule has 36 heavy (non-hydrogen) atoms. The lowest BCUT2D eigenvalue weighted by molar-refractivity contribution is -0.140. The molecule has 1 fully saturated rings. The molecular formula is C23H43N5O7S. The zero-order valence-electron chi connectivity index (χ0n) is 21.1. The van der Waals surface area contributed by atoms with Crippen LogP contribution in [-0.4, -0.2) is 150 Å². The van der Waals surface area contributed by atoms with E-state index in [-0.39, 0.29) is 32.1 Å². The van der Waals surface area contributed by atoms with Crippen molar-refractivity contribution >= 4 is 36.4 Å². The number of aliphatic carboxylic acids is 3. The third-order valence-electron chi connectivity index (χ3n) is 6.03. The van der Waals surface area contributed by atoms with Crippen LogP contribution >= 0.6 is 12.6 Å². The summed E-state index contributed by atoms with van der Waals surface area (Å²) in [7, 11) is 0. The van der Waals surface area contributed by atoms with Crippen molar-refractivity contribution in [3.05, 3.63) is 0 Å². The Kier molecular flexibility index (Phi) is 17.1. The maximum absolute atomic E-state index is 12.5. The summed E-state index contributed by atoms with van der Waals surface area (Å²) in [4.78, 5) is 53.6. The Morgan fingerprint density at radius 1 is 0.556 bits per heavy atom. The highest BCUT2D eigenvalue weighted by atomic mass is 32.1. The largest absolute Gasteiger partial charge is 0.480 e. The zero-order valence-corrected chi connectivity index (χ0v) is 22.0. The average molecular weight is 534 g/mol. The molecule has 0 aromatic rings. The number of amides is 1. The van der Waals surface area contributed by atoms with Gasteiger partial charge in [0.1, 0.15) is 0 Å².